The molecule has 92 valence electrons. The number of pyridine rings is 1. The van der Waals surface area contributed by atoms with Crippen LogP contribution in [0.5, 0.6) is 5.75 Å². The van der Waals surface area contributed by atoms with Gasteiger partial charge in [0.05, 0.1) is 24.6 Å². The van der Waals surface area contributed by atoms with Crippen LogP contribution >= 0.6 is 0 Å². The summed E-state index contributed by atoms with van der Waals surface area (Å²) < 4.78 is 18.7. The molecule has 1 N–H and O–H groups in total. The summed E-state index contributed by atoms with van der Waals surface area (Å²) in [5.41, 5.74) is 0.581. The van der Waals surface area contributed by atoms with Crippen molar-refractivity contribution >= 4 is 5.97 Å². The average molecular weight is 247 g/mol. The van der Waals surface area contributed by atoms with Crippen LogP contribution in [0.3, 0.4) is 0 Å². The summed E-state index contributed by atoms with van der Waals surface area (Å²) in [5, 5.41) is 8.74. The van der Waals surface area contributed by atoms with Crippen LogP contribution in [-0.2, 0) is 0 Å². The van der Waals surface area contributed by atoms with Crippen molar-refractivity contribution in [2.45, 2.75) is 0 Å². The molecule has 5 heteroatoms. The van der Waals surface area contributed by atoms with Crippen molar-refractivity contribution in [2.75, 3.05) is 7.11 Å². The van der Waals surface area contributed by atoms with Crippen molar-refractivity contribution in [3.8, 4) is 17.0 Å². The second-order valence-electron chi connectivity index (χ2n) is 3.58. The molecule has 18 heavy (non-hydrogen) atoms. The Morgan fingerprint density at radius 1 is 1.33 bits per heavy atom. The van der Waals surface area contributed by atoms with E-state index in [2.05, 4.69) is 4.98 Å². The number of benzene rings is 1. The predicted molar refractivity (Wildman–Crippen MR) is 63.1 cm³/mol. The van der Waals surface area contributed by atoms with Gasteiger partial charge in [-0.05, 0) is 30.3 Å². The molecule has 0 unspecified atom stereocenters. The van der Waals surface area contributed by atoms with Crippen LogP contribution in [0, 0.1) is 5.82 Å². The molecule has 0 spiro atoms. The predicted octanol–water partition coefficient (Wildman–Crippen LogP) is 2.59. The van der Waals surface area contributed by atoms with E-state index in [-0.39, 0.29) is 11.1 Å². The Morgan fingerprint density at radius 2 is 2.11 bits per heavy atom. The van der Waals surface area contributed by atoms with E-state index in [1.807, 2.05) is 0 Å². The van der Waals surface area contributed by atoms with E-state index in [0.29, 0.717) is 11.4 Å². The number of carboxylic acids is 1. The highest BCUT2D eigenvalue weighted by atomic mass is 19.1. The highest BCUT2D eigenvalue weighted by molar-refractivity contribution is 5.88. The van der Waals surface area contributed by atoms with Gasteiger partial charge in [-0.3, -0.25) is 4.98 Å². The van der Waals surface area contributed by atoms with Crippen molar-refractivity contribution in [3.05, 3.63) is 47.9 Å². The average Bonchev–Trinajstić information content (AvgIpc) is 2.38. The minimum Gasteiger partial charge on any atom is -0.495 e. The summed E-state index contributed by atoms with van der Waals surface area (Å²) in [6.45, 7) is 0. The number of rotatable bonds is 3. The number of hydrogen-bond donors (Lipinski definition) is 1. The molecule has 0 fully saturated rings. The first kappa shape index (κ1) is 12.0. The van der Waals surface area contributed by atoms with E-state index < -0.39 is 11.8 Å². The van der Waals surface area contributed by atoms with Crippen LogP contribution in [0.2, 0.25) is 0 Å². The van der Waals surface area contributed by atoms with Gasteiger partial charge in [-0.25, -0.2) is 9.18 Å². The molecule has 1 aromatic carbocycles. The van der Waals surface area contributed by atoms with E-state index in [0.717, 1.165) is 6.07 Å². The zero-order chi connectivity index (χ0) is 13.1. The number of carbonyl (C=O) groups is 1. The molecular weight excluding hydrogens is 237 g/mol. The Kier molecular flexibility index (Phi) is 3.23. The maximum Gasteiger partial charge on any atom is 0.335 e. The van der Waals surface area contributed by atoms with E-state index in [1.54, 1.807) is 12.1 Å². The smallest absolute Gasteiger partial charge is 0.335 e. The Bertz CT molecular complexity index is 581. The largest absolute Gasteiger partial charge is 0.495 e. The molecule has 0 aliphatic heterocycles. The fourth-order valence-corrected chi connectivity index (χ4v) is 1.52. The molecule has 0 atom stereocenters. The topological polar surface area (TPSA) is 59.4 Å². The Balaban J connectivity index is 2.41. The minimum atomic E-state index is -1.16. The molecule has 4 nitrogen and oxygen atoms in total. The maximum atomic E-state index is 13.7. The first-order chi connectivity index (χ1) is 8.61. The molecule has 2 rings (SSSR count). The van der Waals surface area contributed by atoms with Gasteiger partial charge < -0.3 is 9.84 Å². The van der Waals surface area contributed by atoms with Crippen LogP contribution in [0.1, 0.15) is 10.4 Å². The molecule has 0 aliphatic carbocycles. The van der Waals surface area contributed by atoms with E-state index in [9.17, 15) is 9.18 Å². The second-order valence-corrected chi connectivity index (χ2v) is 3.58. The van der Waals surface area contributed by atoms with Gasteiger partial charge >= 0.3 is 5.97 Å². The molecule has 0 saturated heterocycles. The lowest BCUT2D eigenvalue weighted by Crippen LogP contribution is -1.98. The SMILES string of the molecule is COc1ccc(-c2ccc(C(=O)O)cc2F)nc1. The lowest BCUT2D eigenvalue weighted by atomic mass is 10.1. The van der Waals surface area contributed by atoms with Crippen LogP contribution in [0.15, 0.2) is 36.5 Å². The van der Waals surface area contributed by atoms with Crippen molar-refractivity contribution in [2.24, 2.45) is 0 Å². The van der Waals surface area contributed by atoms with Gasteiger partial charge in [-0.2, -0.15) is 0 Å². The first-order valence-corrected chi connectivity index (χ1v) is 5.15. The third-order valence-corrected chi connectivity index (χ3v) is 2.46. The normalized spacial score (nSPS) is 10.1. The van der Waals surface area contributed by atoms with E-state index >= 15 is 0 Å². The molecule has 0 saturated carbocycles. The van der Waals surface area contributed by atoms with Gasteiger partial charge in [0.2, 0.25) is 0 Å². The molecule has 1 heterocycles. The van der Waals surface area contributed by atoms with Gasteiger partial charge in [0.15, 0.2) is 0 Å². The molecule has 2 aromatic rings. The molecule has 0 aliphatic rings. The number of nitrogens with zero attached hydrogens (tertiary/aromatic N) is 1. The Hall–Kier alpha value is -2.43. The highest BCUT2D eigenvalue weighted by Crippen LogP contribution is 2.23. The molecule has 0 amide bonds. The van der Waals surface area contributed by atoms with Gasteiger partial charge in [-0.1, -0.05) is 0 Å². The molecule has 0 bridgehead atoms. The zero-order valence-electron chi connectivity index (χ0n) is 9.55. The number of ether oxygens (including phenoxy) is 1. The number of halogens is 1. The number of aromatic nitrogens is 1. The summed E-state index contributed by atoms with van der Waals surface area (Å²) in [6, 6.07) is 6.98. The number of carboxylic acid groups (broad SMARTS) is 1. The summed E-state index contributed by atoms with van der Waals surface area (Å²) in [4.78, 5) is 14.7. The van der Waals surface area contributed by atoms with Crippen molar-refractivity contribution < 1.29 is 19.0 Å². The minimum absolute atomic E-state index is 0.0928. The van der Waals surface area contributed by atoms with Gasteiger partial charge in [0.25, 0.3) is 0 Å². The number of methoxy groups -OCH3 is 1. The van der Waals surface area contributed by atoms with Crippen molar-refractivity contribution in [1.29, 1.82) is 0 Å². The Morgan fingerprint density at radius 3 is 2.61 bits per heavy atom. The van der Waals surface area contributed by atoms with Crippen LogP contribution in [0.25, 0.3) is 11.3 Å². The second kappa shape index (κ2) is 4.83. The van der Waals surface area contributed by atoms with Crippen LogP contribution < -0.4 is 4.74 Å². The third-order valence-electron chi connectivity index (χ3n) is 2.46. The molecule has 1 aromatic heterocycles. The fraction of sp³-hybridized carbons (Fsp3) is 0.0769. The van der Waals surface area contributed by atoms with Crippen molar-refractivity contribution in [1.82, 2.24) is 4.98 Å². The van der Waals surface area contributed by atoms with Crippen LogP contribution in [0.4, 0.5) is 4.39 Å². The summed E-state index contributed by atoms with van der Waals surface area (Å²) in [5.74, 6) is -1.21. The summed E-state index contributed by atoms with van der Waals surface area (Å²) in [7, 11) is 1.51. The fourth-order valence-electron chi connectivity index (χ4n) is 1.52. The Labute approximate surface area is 103 Å². The molecule has 0 radical (unpaired) electrons. The number of hydrogen-bond acceptors (Lipinski definition) is 3. The molecular formula is C13H10FNO3. The quantitative estimate of drug-likeness (QED) is 0.905. The first-order valence-electron chi connectivity index (χ1n) is 5.15. The van der Waals surface area contributed by atoms with Crippen molar-refractivity contribution in [3.63, 3.8) is 0 Å². The summed E-state index contributed by atoms with van der Waals surface area (Å²) >= 11 is 0. The van der Waals surface area contributed by atoms with Crippen LogP contribution in [-0.4, -0.2) is 23.2 Å². The summed E-state index contributed by atoms with van der Waals surface area (Å²) in [6.07, 6.45) is 1.47. The number of aromatic carboxylic acids is 1. The third kappa shape index (κ3) is 2.29. The lowest BCUT2D eigenvalue weighted by molar-refractivity contribution is 0.0696. The van der Waals surface area contributed by atoms with Gasteiger partial charge in [0.1, 0.15) is 11.6 Å². The van der Waals surface area contributed by atoms with Gasteiger partial charge in [0, 0.05) is 5.56 Å². The zero-order valence-corrected chi connectivity index (χ0v) is 9.55. The lowest BCUT2D eigenvalue weighted by Gasteiger charge is -2.05. The van der Waals surface area contributed by atoms with Gasteiger partial charge in [-0.15, -0.1) is 0 Å². The monoisotopic (exact) mass is 247 g/mol. The van der Waals surface area contributed by atoms with E-state index in [1.165, 1.54) is 25.4 Å². The highest BCUT2D eigenvalue weighted by Gasteiger charge is 2.10. The maximum absolute atomic E-state index is 13.7. The standard InChI is InChI=1S/C13H10FNO3/c1-18-9-3-5-12(15-7-9)10-4-2-8(13(16)17)6-11(10)14/h2-7H,1H3,(H,16,17). The van der Waals surface area contributed by atoms with E-state index in [4.69, 9.17) is 9.84 Å².